The molecule has 1 aromatic heterocycles. The molecular weight excluding hydrogens is 308 g/mol. The Hall–Kier alpha value is -1.11. The molecule has 0 saturated heterocycles. The van der Waals surface area contributed by atoms with Gasteiger partial charge < -0.3 is 5.32 Å². The number of alkyl halides is 2. The quantitative estimate of drug-likeness (QED) is 0.911. The molecule has 1 aliphatic carbocycles. The van der Waals surface area contributed by atoms with Crippen LogP contribution in [-0.4, -0.2) is 21.8 Å². The summed E-state index contributed by atoms with van der Waals surface area (Å²) in [5.74, 6) is -2.91. The number of nitrogens with zero attached hydrogens (tertiary/aromatic N) is 2. The molecule has 0 spiro atoms. The smallest absolute Gasteiger partial charge is 0.248 e. The number of aromatic nitrogens is 2. The summed E-state index contributed by atoms with van der Waals surface area (Å²) in [4.78, 5) is 19.7. The lowest BCUT2D eigenvalue weighted by Gasteiger charge is -2.27. The molecular formula is C11H12BrF2N3O. The number of halogens is 3. The minimum atomic E-state index is -2.62. The number of anilines is 1. The Kier molecular flexibility index (Phi) is 3.89. The van der Waals surface area contributed by atoms with Crippen LogP contribution in [0.3, 0.4) is 0 Å². The Labute approximate surface area is 111 Å². The van der Waals surface area contributed by atoms with Gasteiger partial charge >= 0.3 is 0 Å². The molecule has 0 bridgehead atoms. The highest BCUT2D eigenvalue weighted by Gasteiger charge is 2.37. The monoisotopic (exact) mass is 319 g/mol. The Morgan fingerprint density at radius 1 is 1.33 bits per heavy atom. The lowest BCUT2D eigenvalue weighted by atomic mass is 9.86. The number of rotatable bonds is 2. The zero-order valence-corrected chi connectivity index (χ0v) is 11.1. The maximum atomic E-state index is 13.0. The van der Waals surface area contributed by atoms with Crippen molar-refractivity contribution in [2.75, 3.05) is 5.32 Å². The highest BCUT2D eigenvalue weighted by molar-refractivity contribution is 9.10. The molecule has 4 nitrogen and oxygen atoms in total. The van der Waals surface area contributed by atoms with Gasteiger partial charge in [-0.15, -0.1) is 0 Å². The molecule has 1 aromatic rings. The maximum absolute atomic E-state index is 13.0. The molecule has 1 fully saturated rings. The molecule has 0 unspecified atom stereocenters. The summed E-state index contributed by atoms with van der Waals surface area (Å²) in [6, 6.07) is 0. The van der Waals surface area contributed by atoms with Crippen LogP contribution in [0.15, 0.2) is 17.0 Å². The third-order valence-electron chi connectivity index (χ3n) is 2.96. The van der Waals surface area contributed by atoms with Crippen molar-refractivity contribution < 1.29 is 13.6 Å². The van der Waals surface area contributed by atoms with Gasteiger partial charge in [0.2, 0.25) is 11.8 Å². The van der Waals surface area contributed by atoms with Crippen LogP contribution in [-0.2, 0) is 4.79 Å². The number of carbonyl (C=O) groups is 1. The van der Waals surface area contributed by atoms with Crippen LogP contribution >= 0.6 is 15.9 Å². The molecule has 1 aliphatic rings. The van der Waals surface area contributed by atoms with Gasteiger partial charge in [-0.25, -0.2) is 18.7 Å². The first-order chi connectivity index (χ1) is 8.46. The Balaban J connectivity index is 1.91. The number of nitrogens with one attached hydrogen (secondary N) is 1. The Bertz CT molecular complexity index is 428. The molecule has 0 aliphatic heterocycles. The fourth-order valence-corrected chi connectivity index (χ4v) is 2.11. The standard InChI is InChI=1S/C11H12BrF2N3O/c12-8-5-16-9(6-15-8)17-10(18)7-1-3-11(13,14)4-2-7/h5-7H,1-4H2,(H,16,17,18). The van der Waals surface area contributed by atoms with Crippen LogP contribution in [0.5, 0.6) is 0 Å². The zero-order valence-electron chi connectivity index (χ0n) is 9.50. The second-order valence-corrected chi connectivity index (χ2v) is 5.16. The summed E-state index contributed by atoms with van der Waals surface area (Å²) in [6.07, 6.45) is 2.85. The third-order valence-corrected chi connectivity index (χ3v) is 3.37. The maximum Gasteiger partial charge on any atom is 0.248 e. The third kappa shape index (κ3) is 3.44. The average molecular weight is 320 g/mol. The summed E-state index contributed by atoms with van der Waals surface area (Å²) >= 11 is 3.13. The van der Waals surface area contributed by atoms with Crippen molar-refractivity contribution in [1.82, 2.24) is 9.97 Å². The zero-order chi connectivity index (χ0) is 13.2. The molecule has 0 radical (unpaired) electrons. The van der Waals surface area contributed by atoms with E-state index in [0.717, 1.165) is 0 Å². The predicted molar refractivity (Wildman–Crippen MR) is 65.3 cm³/mol. The normalized spacial score (nSPS) is 19.5. The van der Waals surface area contributed by atoms with Gasteiger partial charge in [0.05, 0.1) is 12.4 Å². The van der Waals surface area contributed by atoms with Crippen molar-refractivity contribution in [3.63, 3.8) is 0 Å². The van der Waals surface area contributed by atoms with Gasteiger partial charge in [0, 0.05) is 18.8 Å². The molecule has 0 atom stereocenters. The highest BCUT2D eigenvalue weighted by atomic mass is 79.9. The van der Waals surface area contributed by atoms with E-state index in [9.17, 15) is 13.6 Å². The lowest BCUT2D eigenvalue weighted by Crippen LogP contribution is -2.32. The van der Waals surface area contributed by atoms with E-state index in [1.807, 2.05) is 0 Å². The summed E-state index contributed by atoms with van der Waals surface area (Å²) in [5.41, 5.74) is 0. The molecule has 18 heavy (non-hydrogen) atoms. The first-order valence-electron chi connectivity index (χ1n) is 5.62. The van der Waals surface area contributed by atoms with Crippen LogP contribution in [0.25, 0.3) is 0 Å². The van der Waals surface area contributed by atoms with Crippen LogP contribution in [0.2, 0.25) is 0 Å². The van der Waals surface area contributed by atoms with E-state index in [-0.39, 0.29) is 37.5 Å². The van der Waals surface area contributed by atoms with Gasteiger partial charge in [0.1, 0.15) is 4.60 Å². The molecule has 1 amide bonds. The van der Waals surface area contributed by atoms with Gasteiger partial charge in [-0.1, -0.05) is 0 Å². The number of hydrogen-bond acceptors (Lipinski definition) is 3. The van der Waals surface area contributed by atoms with Crippen molar-refractivity contribution in [3.05, 3.63) is 17.0 Å². The summed E-state index contributed by atoms with van der Waals surface area (Å²) in [7, 11) is 0. The number of carbonyl (C=O) groups excluding carboxylic acids is 1. The summed E-state index contributed by atoms with van der Waals surface area (Å²) in [6.45, 7) is 0. The molecule has 0 aromatic carbocycles. The van der Waals surface area contributed by atoms with Crippen LogP contribution in [0, 0.1) is 5.92 Å². The van der Waals surface area contributed by atoms with E-state index in [4.69, 9.17) is 0 Å². The van der Waals surface area contributed by atoms with E-state index in [0.29, 0.717) is 10.4 Å². The Morgan fingerprint density at radius 3 is 2.56 bits per heavy atom. The van der Waals surface area contributed by atoms with Crippen LogP contribution in [0.4, 0.5) is 14.6 Å². The van der Waals surface area contributed by atoms with Gasteiger partial charge in [-0.3, -0.25) is 4.79 Å². The second kappa shape index (κ2) is 5.26. The van der Waals surface area contributed by atoms with E-state index >= 15 is 0 Å². The van der Waals surface area contributed by atoms with Gasteiger partial charge in [-0.05, 0) is 28.8 Å². The molecule has 7 heteroatoms. The minimum Gasteiger partial charge on any atom is -0.309 e. The van der Waals surface area contributed by atoms with Crippen molar-refractivity contribution >= 4 is 27.7 Å². The SMILES string of the molecule is O=C(Nc1cnc(Br)cn1)C1CCC(F)(F)CC1. The van der Waals surface area contributed by atoms with Crippen LogP contribution in [0.1, 0.15) is 25.7 Å². The van der Waals surface area contributed by atoms with Gasteiger partial charge in [0.25, 0.3) is 0 Å². The molecule has 1 N–H and O–H groups in total. The first kappa shape index (κ1) is 13.3. The van der Waals surface area contributed by atoms with E-state index < -0.39 is 5.92 Å². The van der Waals surface area contributed by atoms with E-state index in [1.165, 1.54) is 12.4 Å². The van der Waals surface area contributed by atoms with E-state index in [2.05, 4.69) is 31.2 Å². The van der Waals surface area contributed by atoms with Crippen molar-refractivity contribution in [1.29, 1.82) is 0 Å². The fraction of sp³-hybridized carbons (Fsp3) is 0.545. The highest BCUT2D eigenvalue weighted by Crippen LogP contribution is 2.36. The molecule has 1 saturated carbocycles. The Morgan fingerprint density at radius 2 is 2.00 bits per heavy atom. The molecule has 1 heterocycles. The molecule has 98 valence electrons. The number of amides is 1. The molecule has 2 rings (SSSR count). The second-order valence-electron chi connectivity index (χ2n) is 4.34. The fourth-order valence-electron chi connectivity index (χ4n) is 1.91. The van der Waals surface area contributed by atoms with Crippen LogP contribution < -0.4 is 5.32 Å². The van der Waals surface area contributed by atoms with Gasteiger partial charge in [0.15, 0.2) is 5.82 Å². The predicted octanol–water partition coefficient (Wildman–Crippen LogP) is 3.00. The van der Waals surface area contributed by atoms with E-state index in [1.54, 1.807) is 0 Å². The van der Waals surface area contributed by atoms with Crippen molar-refractivity contribution in [3.8, 4) is 0 Å². The summed E-state index contributed by atoms with van der Waals surface area (Å²) in [5, 5.41) is 2.59. The van der Waals surface area contributed by atoms with Gasteiger partial charge in [-0.2, -0.15) is 0 Å². The first-order valence-corrected chi connectivity index (χ1v) is 6.42. The number of hydrogen-bond donors (Lipinski definition) is 1. The van der Waals surface area contributed by atoms with Crippen molar-refractivity contribution in [2.24, 2.45) is 5.92 Å². The van der Waals surface area contributed by atoms with Crippen molar-refractivity contribution in [2.45, 2.75) is 31.6 Å². The summed E-state index contributed by atoms with van der Waals surface area (Å²) < 4.78 is 26.5. The average Bonchev–Trinajstić information content (AvgIpc) is 2.32. The topological polar surface area (TPSA) is 54.9 Å². The largest absolute Gasteiger partial charge is 0.309 e. The lowest BCUT2D eigenvalue weighted by molar-refractivity contribution is -0.124. The minimum absolute atomic E-state index is 0.211.